The van der Waals surface area contributed by atoms with Gasteiger partial charge in [0.25, 0.3) is 5.91 Å². The van der Waals surface area contributed by atoms with E-state index in [4.69, 9.17) is 5.73 Å². The Hall–Kier alpha value is -1.51. The maximum atomic E-state index is 12.4. The SMILES string of the molecule is CSC1CCC(NC(=O)c2ncccc2C#CCN)CC1. The molecule has 1 aliphatic rings. The number of carbonyl (C=O) groups excluding carboxylic acids is 1. The Morgan fingerprint density at radius 3 is 2.90 bits per heavy atom. The van der Waals surface area contributed by atoms with Gasteiger partial charge >= 0.3 is 0 Å². The average molecular weight is 303 g/mol. The molecule has 1 heterocycles. The number of hydrogen-bond donors (Lipinski definition) is 2. The largest absolute Gasteiger partial charge is 0.348 e. The molecule has 21 heavy (non-hydrogen) atoms. The Morgan fingerprint density at radius 1 is 1.48 bits per heavy atom. The van der Waals surface area contributed by atoms with Crippen LogP contribution >= 0.6 is 11.8 Å². The fraction of sp³-hybridized carbons (Fsp3) is 0.500. The Morgan fingerprint density at radius 2 is 2.24 bits per heavy atom. The first kappa shape index (κ1) is 15.9. The highest BCUT2D eigenvalue weighted by Gasteiger charge is 2.23. The molecular formula is C16H21N3OS. The lowest BCUT2D eigenvalue weighted by molar-refractivity contribution is 0.0923. The van der Waals surface area contributed by atoms with Gasteiger partial charge in [-0.3, -0.25) is 4.79 Å². The molecule has 1 aliphatic carbocycles. The first-order valence-corrected chi connectivity index (χ1v) is 8.51. The zero-order chi connectivity index (χ0) is 15.1. The van der Waals surface area contributed by atoms with Gasteiger partial charge in [-0.25, -0.2) is 4.98 Å². The second-order valence-corrected chi connectivity index (χ2v) is 6.23. The average Bonchev–Trinajstić information content (AvgIpc) is 2.54. The van der Waals surface area contributed by atoms with Crippen molar-refractivity contribution in [2.24, 2.45) is 5.73 Å². The van der Waals surface area contributed by atoms with E-state index < -0.39 is 0 Å². The minimum Gasteiger partial charge on any atom is -0.348 e. The van der Waals surface area contributed by atoms with E-state index in [1.165, 1.54) is 0 Å². The molecule has 0 radical (unpaired) electrons. The summed E-state index contributed by atoms with van der Waals surface area (Å²) in [6.45, 7) is 0.272. The molecule has 0 unspecified atom stereocenters. The van der Waals surface area contributed by atoms with Crippen LogP contribution in [0.2, 0.25) is 0 Å². The number of carbonyl (C=O) groups is 1. The van der Waals surface area contributed by atoms with E-state index in [9.17, 15) is 4.79 Å². The Kier molecular flexibility index (Phi) is 6.09. The van der Waals surface area contributed by atoms with Crippen molar-refractivity contribution in [1.29, 1.82) is 0 Å². The molecule has 3 N–H and O–H groups in total. The summed E-state index contributed by atoms with van der Waals surface area (Å²) in [6, 6.07) is 3.83. The van der Waals surface area contributed by atoms with E-state index in [2.05, 4.69) is 28.4 Å². The number of hydrogen-bond acceptors (Lipinski definition) is 4. The van der Waals surface area contributed by atoms with Crippen molar-refractivity contribution >= 4 is 17.7 Å². The molecule has 1 saturated carbocycles. The summed E-state index contributed by atoms with van der Waals surface area (Å²) < 4.78 is 0. The second kappa shape index (κ2) is 8.06. The summed E-state index contributed by atoms with van der Waals surface area (Å²) in [4.78, 5) is 16.5. The Labute approximate surface area is 130 Å². The molecule has 0 aromatic carbocycles. The lowest BCUT2D eigenvalue weighted by atomic mass is 9.95. The normalized spacial score (nSPS) is 21.2. The predicted octanol–water partition coefficient (Wildman–Crippen LogP) is 1.80. The van der Waals surface area contributed by atoms with Crippen LogP contribution in [-0.2, 0) is 0 Å². The van der Waals surface area contributed by atoms with Crippen molar-refractivity contribution < 1.29 is 4.79 Å². The van der Waals surface area contributed by atoms with Gasteiger partial charge in [-0.05, 0) is 44.1 Å². The number of amides is 1. The standard InChI is InChI=1S/C16H21N3OS/c1-21-14-8-6-13(7-9-14)19-16(20)15-12(4-2-10-17)5-3-11-18-15/h3,5,11,13-14H,6-10,17H2,1H3,(H,19,20). The van der Waals surface area contributed by atoms with Gasteiger partial charge in [-0.1, -0.05) is 11.8 Å². The summed E-state index contributed by atoms with van der Waals surface area (Å²) in [7, 11) is 0. The van der Waals surface area contributed by atoms with Crippen molar-refractivity contribution in [3.63, 3.8) is 0 Å². The van der Waals surface area contributed by atoms with Crippen molar-refractivity contribution in [2.45, 2.75) is 37.0 Å². The third-order valence-corrected chi connectivity index (χ3v) is 4.83. The van der Waals surface area contributed by atoms with Crippen LogP contribution < -0.4 is 11.1 Å². The number of aromatic nitrogens is 1. The minimum atomic E-state index is -0.135. The van der Waals surface area contributed by atoms with Gasteiger partial charge < -0.3 is 11.1 Å². The maximum Gasteiger partial charge on any atom is 0.271 e. The van der Waals surface area contributed by atoms with E-state index in [0.717, 1.165) is 30.9 Å². The van der Waals surface area contributed by atoms with Crippen LogP contribution in [0.15, 0.2) is 18.3 Å². The molecular weight excluding hydrogens is 282 g/mol. The maximum absolute atomic E-state index is 12.4. The number of thioether (sulfide) groups is 1. The van der Waals surface area contributed by atoms with Crippen LogP contribution in [0, 0.1) is 11.8 Å². The smallest absolute Gasteiger partial charge is 0.271 e. The molecule has 5 heteroatoms. The Bertz CT molecular complexity index is 542. The summed E-state index contributed by atoms with van der Waals surface area (Å²) in [5.41, 5.74) is 6.41. The van der Waals surface area contributed by atoms with Gasteiger partial charge in [0.1, 0.15) is 5.69 Å². The Balaban J connectivity index is 2.01. The molecule has 0 saturated heterocycles. The molecule has 0 atom stereocenters. The molecule has 1 fully saturated rings. The van der Waals surface area contributed by atoms with Crippen molar-refractivity contribution in [3.8, 4) is 11.8 Å². The van der Waals surface area contributed by atoms with Crippen molar-refractivity contribution in [2.75, 3.05) is 12.8 Å². The fourth-order valence-electron chi connectivity index (χ4n) is 2.53. The third-order valence-electron chi connectivity index (χ3n) is 3.69. The van der Waals surface area contributed by atoms with Gasteiger partial charge in [-0.2, -0.15) is 11.8 Å². The van der Waals surface area contributed by atoms with E-state index in [0.29, 0.717) is 11.3 Å². The molecule has 1 amide bonds. The van der Waals surface area contributed by atoms with Gasteiger partial charge in [0, 0.05) is 17.5 Å². The number of nitrogens with zero attached hydrogens (tertiary/aromatic N) is 1. The van der Waals surface area contributed by atoms with Gasteiger partial charge in [0.2, 0.25) is 0 Å². The molecule has 2 rings (SSSR count). The van der Waals surface area contributed by atoms with Gasteiger partial charge in [-0.15, -0.1) is 0 Å². The second-order valence-electron chi connectivity index (χ2n) is 5.09. The summed E-state index contributed by atoms with van der Waals surface area (Å²) in [6.07, 6.45) is 8.16. The molecule has 0 aliphatic heterocycles. The highest BCUT2D eigenvalue weighted by Crippen LogP contribution is 2.26. The molecule has 4 nitrogen and oxygen atoms in total. The first-order valence-electron chi connectivity index (χ1n) is 7.22. The first-order chi connectivity index (χ1) is 10.2. The van der Waals surface area contributed by atoms with Crippen molar-refractivity contribution in [1.82, 2.24) is 10.3 Å². The highest BCUT2D eigenvalue weighted by molar-refractivity contribution is 7.99. The molecule has 0 spiro atoms. The van der Waals surface area contributed by atoms with Crippen LogP contribution in [0.3, 0.4) is 0 Å². The van der Waals surface area contributed by atoms with Crippen LogP contribution in [0.5, 0.6) is 0 Å². The number of nitrogens with one attached hydrogen (secondary N) is 1. The van der Waals surface area contributed by atoms with Crippen LogP contribution in [-0.4, -0.2) is 35.0 Å². The minimum absolute atomic E-state index is 0.135. The predicted molar refractivity (Wildman–Crippen MR) is 87.2 cm³/mol. The topological polar surface area (TPSA) is 68.0 Å². The van der Waals surface area contributed by atoms with Crippen LogP contribution in [0.1, 0.15) is 41.7 Å². The van der Waals surface area contributed by atoms with Crippen LogP contribution in [0.25, 0.3) is 0 Å². The summed E-state index contributed by atoms with van der Waals surface area (Å²) in [5, 5.41) is 3.82. The van der Waals surface area contributed by atoms with E-state index in [1.807, 2.05) is 11.8 Å². The fourth-order valence-corrected chi connectivity index (χ4v) is 3.27. The van der Waals surface area contributed by atoms with Gasteiger partial charge in [0.15, 0.2) is 0 Å². The highest BCUT2D eigenvalue weighted by atomic mass is 32.2. The third kappa shape index (κ3) is 4.48. The van der Waals surface area contributed by atoms with E-state index in [1.54, 1.807) is 18.3 Å². The molecule has 1 aromatic rings. The van der Waals surface area contributed by atoms with Crippen LogP contribution in [0.4, 0.5) is 0 Å². The molecule has 112 valence electrons. The van der Waals surface area contributed by atoms with Crippen molar-refractivity contribution in [3.05, 3.63) is 29.6 Å². The van der Waals surface area contributed by atoms with E-state index in [-0.39, 0.29) is 18.5 Å². The quantitative estimate of drug-likeness (QED) is 0.836. The monoisotopic (exact) mass is 303 g/mol. The number of rotatable bonds is 3. The summed E-state index contributed by atoms with van der Waals surface area (Å²) in [5.74, 6) is 5.54. The number of pyridine rings is 1. The lowest BCUT2D eigenvalue weighted by Crippen LogP contribution is -2.38. The zero-order valence-corrected chi connectivity index (χ0v) is 13.1. The lowest BCUT2D eigenvalue weighted by Gasteiger charge is -2.28. The number of nitrogens with two attached hydrogens (primary N) is 1. The van der Waals surface area contributed by atoms with Gasteiger partial charge in [0.05, 0.1) is 12.1 Å². The van der Waals surface area contributed by atoms with E-state index >= 15 is 0 Å². The molecule has 1 aromatic heterocycles. The summed E-state index contributed by atoms with van der Waals surface area (Å²) >= 11 is 1.92. The molecule has 0 bridgehead atoms. The zero-order valence-electron chi connectivity index (χ0n) is 12.3.